The first kappa shape index (κ1) is 18.3. The number of rotatable bonds is 5. The van der Waals surface area contributed by atoms with Crippen LogP contribution in [0.25, 0.3) is 0 Å². The van der Waals surface area contributed by atoms with E-state index < -0.39 is 0 Å². The van der Waals surface area contributed by atoms with Crippen molar-refractivity contribution in [2.45, 2.75) is 63.5 Å². The number of aromatic nitrogens is 1. The summed E-state index contributed by atoms with van der Waals surface area (Å²) in [6, 6.07) is 2.15. The quantitative estimate of drug-likeness (QED) is 0.637. The Hall–Kier alpha value is -1.49. The molecule has 2 aliphatic rings. The largest absolute Gasteiger partial charge is 0.357 e. The van der Waals surface area contributed by atoms with Crippen molar-refractivity contribution in [1.29, 1.82) is 0 Å². The zero-order valence-electron chi connectivity index (χ0n) is 16.1. The van der Waals surface area contributed by atoms with Gasteiger partial charge in [0, 0.05) is 45.1 Å². The first-order chi connectivity index (χ1) is 12.2. The first-order valence-electron chi connectivity index (χ1n) is 10.0. The fourth-order valence-corrected chi connectivity index (χ4v) is 4.50. The Morgan fingerprint density at radius 3 is 2.44 bits per heavy atom. The number of hydrogen-bond donors (Lipinski definition) is 2. The third-order valence-electron chi connectivity index (χ3n) is 5.97. The van der Waals surface area contributed by atoms with Crippen LogP contribution in [0, 0.1) is 0 Å². The molecule has 1 saturated heterocycles. The summed E-state index contributed by atoms with van der Waals surface area (Å²) in [5, 5.41) is 7.11. The molecule has 1 saturated carbocycles. The average Bonchev–Trinajstić information content (AvgIpc) is 3.08. The number of guanidine groups is 1. The molecule has 1 aromatic heterocycles. The van der Waals surface area contributed by atoms with Gasteiger partial charge in [0.1, 0.15) is 0 Å². The van der Waals surface area contributed by atoms with Crippen LogP contribution in [0.5, 0.6) is 0 Å². The van der Waals surface area contributed by atoms with Gasteiger partial charge in [-0.05, 0) is 50.4 Å². The summed E-state index contributed by atoms with van der Waals surface area (Å²) < 4.78 is 2.08. The Bertz CT molecular complexity index is 550. The van der Waals surface area contributed by atoms with Crippen LogP contribution in [0.1, 0.15) is 56.9 Å². The molecule has 1 aliphatic carbocycles. The second kappa shape index (κ2) is 8.75. The van der Waals surface area contributed by atoms with Crippen LogP contribution >= 0.6 is 0 Å². The Morgan fingerprint density at radius 1 is 1.08 bits per heavy atom. The maximum Gasteiger partial charge on any atom is 0.191 e. The number of nitrogens with one attached hydrogen (secondary N) is 2. The number of piperidine rings is 1. The van der Waals surface area contributed by atoms with Crippen molar-refractivity contribution >= 4 is 5.96 Å². The predicted octanol–water partition coefficient (Wildman–Crippen LogP) is 2.88. The topological polar surface area (TPSA) is 44.6 Å². The molecule has 5 heteroatoms. The van der Waals surface area contributed by atoms with Crippen LogP contribution in [0.2, 0.25) is 0 Å². The maximum absolute atomic E-state index is 4.44. The van der Waals surface area contributed by atoms with Gasteiger partial charge in [-0.2, -0.15) is 0 Å². The highest BCUT2D eigenvalue weighted by atomic mass is 15.3. The lowest BCUT2D eigenvalue weighted by atomic mass is 9.79. The minimum Gasteiger partial charge on any atom is -0.357 e. The van der Waals surface area contributed by atoms with E-state index in [0.29, 0.717) is 5.54 Å². The Morgan fingerprint density at radius 2 is 1.80 bits per heavy atom. The lowest BCUT2D eigenvalue weighted by Gasteiger charge is -2.48. The summed E-state index contributed by atoms with van der Waals surface area (Å²) in [5.41, 5.74) is 1.62. The minimum atomic E-state index is 0.336. The lowest BCUT2D eigenvalue weighted by molar-refractivity contribution is 0.0368. The van der Waals surface area contributed by atoms with Gasteiger partial charge in [-0.15, -0.1) is 0 Å². The minimum absolute atomic E-state index is 0.336. The second-order valence-corrected chi connectivity index (χ2v) is 7.80. The van der Waals surface area contributed by atoms with Crippen molar-refractivity contribution < 1.29 is 0 Å². The van der Waals surface area contributed by atoms with Gasteiger partial charge in [0.25, 0.3) is 0 Å². The third kappa shape index (κ3) is 4.78. The van der Waals surface area contributed by atoms with Gasteiger partial charge < -0.3 is 15.2 Å². The molecular weight excluding hydrogens is 310 g/mol. The number of aliphatic imine (C=N–C) groups is 1. The van der Waals surface area contributed by atoms with E-state index >= 15 is 0 Å². The standard InChI is InChI=1S/C20H35N5/c1-21-19(22-15-18-9-14-24(2)16-18)23-17-20(10-5-3-6-11-20)25-12-7-4-8-13-25/h9,14,16H,3-8,10-13,15,17H2,1-2H3,(H2,21,22,23). The fourth-order valence-electron chi connectivity index (χ4n) is 4.50. The van der Waals surface area contributed by atoms with Crippen LogP contribution in [0.15, 0.2) is 23.5 Å². The van der Waals surface area contributed by atoms with Crippen molar-refractivity contribution in [3.63, 3.8) is 0 Å². The molecule has 140 valence electrons. The highest BCUT2D eigenvalue weighted by Crippen LogP contribution is 2.35. The van der Waals surface area contributed by atoms with E-state index in [1.807, 2.05) is 7.05 Å². The van der Waals surface area contributed by atoms with Crippen molar-refractivity contribution in [3.05, 3.63) is 24.0 Å². The SMILES string of the molecule is CN=C(NCc1ccn(C)c1)NCC1(N2CCCCC2)CCCCC1. The second-order valence-electron chi connectivity index (χ2n) is 7.80. The molecule has 0 unspecified atom stereocenters. The molecule has 0 bridgehead atoms. The molecule has 0 radical (unpaired) electrons. The van der Waals surface area contributed by atoms with Crippen LogP contribution in [0.4, 0.5) is 0 Å². The van der Waals surface area contributed by atoms with E-state index in [0.717, 1.165) is 19.0 Å². The van der Waals surface area contributed by atoms with E-state index in [1.54, 1.807) is 0 Å². The third-order valence-corrected chi connectivity index (χ3v) is 5.97. The summed E-state index contributed by atoms with van der Waals surface area (Å²) in [6.07, 6.45) is 15.2. The molecule has 2 heterocycles. The average molecular weight is 346 g/mol. The zero-order chi connectivity index (χ0) is 17.5. The van der Waals surface area contributed by atoms with E-state index in [-0.39, 0.29) is 0 Å². The van der Waals surface area contributed by atoms with E-state index in [2.05, 4.69) is 50.6 Å². The molecule has 1 aromatic rings. The maximum atomic E-state index is 4.44. The van der Waals surface area contributed by atoms with Gasteiger partial charge in [-0.25, -0.2) is 0 Å². The molecule has 2 N–H and O–H groups in total. The van der Waals surface area contributed by atoms with Gasteiger partial charge in [-0.1, -0.05) is 25.7 Å². The molecule has 1 aliphatic heterocycles. The Balaban J connectivity index is 1.57. The van der Waals surface area contributed by atoms with Gasteiger partial charge in [0.15, 0.2) is 5.96 Å². The Kier molecular flexibility index (Phi) is 6.40. The summed E-state index contributed by atoms with van der Waals surface area (Å²) in [7, 11) is 3.93. The zero-order valence-corrected chi connectivity index (χ0v) is 16.1. The van der Waals surface area contributed by atoms with Crippen molar-refractivity contribution in [1.82, 2.24) is 20.1 Å². The lowest BCUT2D eigenvalue weighted by Crippen LogP contribution is -2.59. The van der Waals surface area contributed by atoms with Gasteiger partial charge in [-0.3, -0.25) is 9.89 Å². The van der Waals surface area contributed by atoms with Crippen LogP contribution in [0.3, 0.4) is 0 Å². The molecule has 0 spiro atoms. The normalized spacial score (nSPS) is 21.9. The Labute approximate surface area is 152 Å². The number of hydrogen-bond acceptors (Lipinski definition) is 2. The van der Waals surface area contributed by atoms with Crippen LogP contribution in [-0.4, -0.2) is 47.6 Å². The van der Waals surface area contributed by atoms with E-state index in [9.17, 15) is 0 Å². The van der Waals surface area contributed by atoms with E-state index in [1.165, 1.54) is 70.0 Å². The molecule has 0 atom stereocenters. The van der Waals surface area contributed by atoms with Gasteiger partial charge >= 0.3 is 0 Å². The van der Waals surface area contributed by atoms with Crippen molar-refractivity contribution in [2.24, 2.45) is 12.0 Å². The fraction of sp³-hybridized carbons (Fsp3) is 0.750. The van der Waals surface area contributed by atoms with Gasteiger partial charge in [0.05, 0.1) is 0 Å². The first-order valence-corrected chi connectivity index (χ1v) is 10.0. The summed E-state index contributed by atoms with van der Waals surface area (Å²) in [6.45, 7) is 4.38. The highest BCUT2D eigenvalue weighted by Gasteiger charge is 2.38. The van der Waals surface area contributed by atoms with Crippen LogP contribution in [-0.2, 0) is 13.6 Å². The summed E-state index contributed by atoms with van der Waals surface area (Å²) >= 11 is 0. The van der Waals surface area contributed by atoms with Gasteiger partial charge in [0.2, 0.25) is 0 Å². The smallest absolute Gasteiger partial charge is 0.191 e. The molecule has 25 heavy (non-hydrogen) atoms. The molecule has 5 nitrogen and oxygen atoms in total. The molecular formula is C20H35N5. The summed E-state index contributed by atoms with van der Waals surface area (Å²) in [5.74, 6) is 0.922. The highest BCUT2D eigenvalue weighted by molar-refractivity contribution is 5.79. The predicted molar refractivity (Wildman–Crippen MR) is 105 cm³/mol. The number of nitrogens with zero attached hydrogens (tertiary/aromatic N) is 3. The number of likely N-dealkylation sites (tertiary alicyclic amines) is 1. The number of aryl methyl sites for hydroxylation is 1. The van der Waals surface area contributed by atoms with Crippen LogP contribution < -0.4 is 10.6 Å². The van der Waals surface area contributed by atoms with E-state index in [4.69, 9.17) is 0 Å². The molecule has 2 fully saturated rings. The molecule has 0 aromatic carbocycles. The van der Waals surface area contributed by atoms with Crippen molar-refractivity contribution in [3.8, 4) is 0 Å². The monoisotopic (exact) mass is 345 g/mol. The van der Waals surface area contributed by atoms with Crippen molar-refractivity contribution in [2.75, 3.05) is 26.7 Å². The molecule has 0 amide bonds. The molecule has 3 rings (SSSR count). The summed E-state index contributed by atoms with van der Waals surface area (Å²) in [4.78, 5) is 7.22.